The fourth-order valence-corrected chi connectivity index (χ4v) is 4.50. The van der Waals surface area contributed by atoms with E-state index >= 15 is 0 Å². The molecule has 0 unspecified atom stereocenters. The molecule has 5 heteroatoms. The summed E-state index contributed by atoms with van der Waals surface area (Å²) in [6, 6.07) is 5.21. The Morgan fingerprint density at radius 3 is 2.00 bits per heavy atom. The Labute approximate surface area is 169 Å². The van der Waals surface area contributed by atoms with Gasteiger partial charge in [0, 0.05) is 17.8 Å². The van der Waals surface area contributed by atoms with Gasteiger partial charge in [0.25, 0.3) is 0 Å². The molecule has 2 saturated carbocycles. The van der Waals surface area contributed by atoms with Crippen LogP contribution < -0.4 is 10.6 Å². The zero-order chi connectivity index (χ0) is 20.3. The predicted octanol–water partition coefficient (Wildman–Crippen LogP) is 3.71. The lowest BCUT2D eigenvalue weighted by atomic mass is 9.86. The van der Waals surface area contributed by atoms with E-state index in [2.05, 4.69) is 34.6 Å². The quantitative estimate of drug-likeness (QED) is 0.752. The van der Waals surface area contributed by atoms with E-state index in [9.17, 15) is 9.59 Å². The maximum Gasteiger partial charge on any atom is 0.243 e. The largest absolute Gasteiger partial charge is 0.346 e. The Morgan fingerprint density at radius 1 is 0.929 bits per heavy atom. The minimum absolute atomic E-state index is 0.0196. The molecular weight excluding hydrogens is 350 g/mol. The third-order valence-corrected chi connectivity index (χ3v) is 6.18. The van der Waals surface area contributed by atoms with Crippen LogP contribution in [0.4, 0.5) is 5.69 Å². The standard InChI is InChI=1S/C23H35N3O2/c1-15-5-7-19(8-6-15)26(20-9-10-20)14-22(28)24-13-21(27)25-23-17(3)11-16(2)12-18(23)4/h11-12,15,19-20H,5-10,13-14H2,1-4H3,(H,24,28)(H,25,27). The number of hydrogen-bond donors (Lipinski definition) is 2. The van der Waals surface area contributed by atoms with Crippen molar-refractivity contribution in [3.05, 3.63) is 28.8 Å². The van der Waals surface area contributed by atoms with Crippen molar-refractivity contribution < 1.29 is 9.59 Å². The highest BCUT2D eigenvalue weighted by atomic mass is 16.2. The third kappa shape index (κ3) is 5.57. The minimum Gasteiger partial charge on any atom is -0.346 e. The summed E-state index contributed by atoms with van der Waals surface area (Å²) in [4.78, 5) is 27.2. The summed E-state index contributed by atoms with van der Waals surface area (Å²) in [6.07, 6.45) is 7.30. The number of rotatable bonds is 7. The number of nitrogens with one attached hydrogen (secondary N) is 2. The number of aryl methyl sites for hydroxylation is 3. The van der Waals surface area contributed by atoms with E-state index in [1.807, 2.05) is 20.8 Å². The highest BCUT2D eigenvalue weighted by Gasteiger charge is 2.36. The Hall–Kier alpha value is -1.88. The zero-order valence-electron chi connectivity index (χ0n) is 17.8. The Bertz CT molecular complexity index is 696. The van der Waals surface area contributed by atoms with Crippen LogP contribution in [0.25, 0.3) is 0 Å². The summed E-state index contributed by atoms with van der Waals surface area (Å²) in [5.41, 5.74) is 4.12. The summed E-state index contributed by atoms with van der Waals surface area (Å²) in [5.74, 6) is 0.592. The number of carbonyl (C=O) groups excluding carboxylic acids is 2. The fraction of sp³-hybridized carbons (Fsp3) is 0.652. The monoisotopic (exact) mass is 385 g/mol. The molecule has 0 heterocycles. The first-order valence-corrected chi connectivity index (χ1v) is 10.7. The van der Waals surface area contributed by atoms with Crippen molar-refractivity contribution in [2.24, 2.45) is 5.92 Å². The van der Waals surface area contributed by atoms with Gasteiger partial charge in [-0.1, -0.05) is 24.6 Å². The number of nitrogens with zero attached hydrogens (tertiary/aromatic N) is 1. The van der Waals surface area contributed by atoms with Crippen molar-refractivity contribution in [3.8, 4) is 0 Å². The molecule has 5 nitrogen and oxygen atoms in total. The van der Waals surface area contributed by atoms with Crippen LogP contribution in [0.5, 0.6) is 0 Å². The molecule has 0 spiro atoms. The first-order chi connectivity index (χ1) is 13.3. The molecule has 28 heavy (non-hydrogen) atoms. The van der Waals surface area contributed by atoms with Crippen molar-refractivity contribution in [3.63, 3.8) is 0 Å². The fourth-order valence-electron chi connectivity index (χ4n) is 4.50. The van der Waals surface area contributed by atoms with Crippen LogP contribution in [0.15, 0.2) is 12.1 Å². The van der Waals surface area contributed by atoms with E-state index in [1.165, 1.54) is 44.1 Å². The molecule has 2 aliphatic rings. The van der Waals surface area contributed by atoms with Crippen molar-refractivity contribution >= 4 is 17.5 Å². The molecule has 0 atom stereocenters. The van der Waals surface area contributed by atoms with Crippen LogP contribution in [-0.2, 0) is 9.59 Å². The van der Waals surface area contributed by atoms with Gasteiger partial charge in [0.2, 0.25) is 11.8 Å². The molecule has 0 bridgehead atoms. The maximum absolute atomic E-state index is 12.5. The van der Waals surface area contributed by atoms with Gasteiger partial charge in [-0.15, -0.1) is 0 Å². The number of benzene rings is 1. The van der Waals surface area contributed by atoms with Crippen LogP contribution in [-0.4, -0.2) is 41.9 Å². The second kappa shape index (κ2) is 9.08. The lowest BCUT2D eigenvalue weighted by Crippen LogP contribution is -2.46. The average Bonchev–Trinajstić information content (AvgIpc) is 3.47. The van der Waals surface area contributed by atoms with Crippen molar-refractivity contribution in [2.45, 2.75) is 78.3 Å². The van der Waals surface area contributed by atoms with Crippen LogP contribution in [0.2, 0.25) is 0 Å². The van der Waals surface area contributed by atoms with Gasteiger partial charge in [0.15, 0.2) is 0 Å². The second-order valence-corrected chi connectivity index (χ2v) is 8.92. The molecule has 154 valence electrons. The Balaban J connectivity index is 1.48. The number of carbonyl (C=O) groups is 2. The molecule has 2 amide bonds. The molecule has 0 aromatic heterocycles. The molecule has 2 aliphatic carbocycles. The number of hydrogen-bond acceptors (Lipinski definition) is 3. The molecule has 1 aromatic carbocycles. The predicted molar refractivity (Wildman–Crippen MR) is 113 cm³/mol. The van der Waals surface area contributed by atoms with Gasteiger partial charge in [0.1, 0.15) is 0 Å². The van der Waals surface area contributed by atoms with E-state index in [0.717, 1.165) is 22.7 Å². The summed E-state index contributed by atoms with van der Waals surface area (Å²) < 4.78 is 0. The van der Waals surface area contributed by atoms with Gasteiger partial charge in [-0.25, -0.2) is 0 Å². The average molecular weight is 386 g/mol. The zero-order valence-corrected chi connectivity index (χ0v) is 17.8. The maximum atomic E-state index is 12.5. The van der Waals surface area contributed by atoms with Gasteiger partial charge < -0.3 is 10.6 Å². The molecule has 2 fully saturated rings. The summed E-state index contributed by atoms with van der Waals surface area (Å²) in [5, 5.41) is 5.77. The van der Waals surface area contributed by atoms with Gasteiger partial charge in [-0.3, -0.25) is 14.5 Å². The lowest BCUT2D eigenvalue weighted by molar-refractivity contribution is -0.125. The Morgan fingerprint density at radius 2 is 1.46 bits per heavy atom. The molecule has 0 saturated heterocycles. The highest BCUT2D eigenvalue weighted by Crippen LogP contribution is 2.34. The number of amides is 2. The van der Waals surface area contributed by atoms with E-state index in [1.54, 1.807) is 0 Å². The van der Waals surface area contributed by atoms with Gasteiger partial charge in [0.05, 0.1) is 13.1 Å². The van der Waals surface area contributed by atoms with Gasteiger partial charge in [-0.2, -0.15) is 0 Å². The molecule has 1 aromatic rings. The molecule has 3 rings (SSSR count). The van der Waals surface area contributed by atoms with Crippen LogP contribution in [0.1, 0.15) is 62.1 Å². The van der Waals surface area contributed by atoms with Crippen LogP contribution in [0, 0.1) is 26.7 Å². The van der Waals surface area contributed by atoms with Gasteiger partial charge >= 0.3 is 0 Å². The van der Waals surface area contributed by atoms with Crippen molar-refractivity contribution in [1.29, 1.82) is 0 Å². The van der Waals surface area contributed by atoms with Crippen LogP contribution in [0.3, 0.4) is 0 Å². The highest BCUT2D eigenvalue weighted by molar-refractivity contribution is 5.96. The van der Waals surface area contributed by atoms with Crippen molar-refractivity contribution in [1.82, 2.24) is 10.2 Å². The second-order valence-electron chi connectivity index (χ2n) is 8.92. The Kier molecular flexibility index (Phi) is 6.76. The molecule has 0 aliphatic heterocycles. The molecular formula is C23H35N3O2. The smallest absolute Gasteiger partial charge is 0.243 e. The van der Waals surface area contributed by atoms with E-state index in [0.29, 0.717) is 18.6 Å². The normalized spacial score (nSPS) is 22.2. The minimum atomic E-state index is -0.173. The SMILES string of the molecule is Cc1cc(C)c(NC(=O)CNC(=O)CN(C2CCC(C)CC2)C2CC2)c(C)c1. The first-order valence-electron chi connectivity index (χ1n) is 10.7. The van der Waals surface area contributed by atoms with E-state index < -0.39 is 0 Å². The molecule has 2 N–H and O–H groups in total. The summed E-state index contributed by atoms with van der Waals surface area (Å²) >= 11 is 0. The van der Waals surface area contributed by atoms with Crippen LogP contribution >= 0.6 is 0 Å². The first kappa shape index (κ1) is 20.8. The van der Waals surface area contributed by atoms with Crippen molar-refractivity contribution in [2.75, 3.05) is 18.4 Å². The lowest BCUT2D eigenvalue weighted by Gasteiger charge is -2.36. The third-order valence-electron chi connectivity index (χ3n) is 6.18. The van der Waals surface area contributed by atoms with E-state index in [-0.39, 0.29) is 18.4 Å². The molecule has 0 radical (unpaired) electrons. The summed E-state index contributed by atoms with van der Waals surface area (Å²) in [6.45, 7) is 8.79. The van der Waals surface area contributed by atoms with E-state index in [4.69, 9.17) is 0 Å². The summed E-state index contributed by atoms with van der Waals surface area (Å²) in [7, 11) is 0. The van der Waals surface area contributed by atoms with Gasteiger partial charge in [-0.05, 0) is 76.3 Å². The topological polar surface area (TPSA) is 61.4 Å². The number of anilines is 1.